The quantitative estimate of drug-likeness (QED) is 0.582. The summed E-state index contributed by atoms with van der Waals surface area (Å²) in [6.45, 7) is 0. The molecule has 4 atom stereocenters. The Morgan fingerprint density at radius 1 is 1.25 bits per heavy atom. The fourth-order valence-corrected chi connectivity index (χ4v) is 3.62. The molecule has 3 aliphatic rings. The van der Waals surface area contributed by atoms with Crippen LogP contribution < -0.4 is 5.48 Å². The maximum Gasteiger partial charge on any atom is 0.0373 e. The van der Waals surface area contributed by atoms with Gasteiger partial charge in [0.25, 0.3) is 0 Å². The Morgan fingerprint density at radius 3 is 3.00 bits per heavy atom. The van der Waals surface area contributed by atoms with Crippen molar-refractivity contribution >= 4 is 0 Å². The molecule has 0 aromatic rings. The molecule has 0 saturated heterocycles. The average Bonchev–Trinajstić information content (AvgIpc) is 2.29. The highest BCUT2D eigenvalue weighted by atomic mass is 16.5. The highest BCUT2D eigenvalue weighted by Crippen LogP contribution is 2.53. The van der Waals surface area contributed by atoms with E-state index in [1.165, 1.54) is 25.7 Å². The van der Waals surface area contributed by atoms with Gasteiger partial charge in [0.1, 0.15) is 0 Å². The van der Waals surface area contributed by atoms with Crippen LogP contribution in [0.15, 0.2) is 11.8 Å². The van der Waals surface area contributed by atoms with Gasteiger partial charge in [0.05, 0.1) is 0 Å². The number of rotatable bonds is 1. The molecule has 0 spiro atoms. The molecule has 2 saturated carbocycles. The normalized spacial score (nSPS) is 49.2. The van der Waals surface area contributed by atoms with Crippen molar-refractivity contribution in [2.24, 2.45) is 23.7 Å². The van der Waals surface area contributed by atoms with Crippen LogP contribution in [0.2, 0.25) is 0 Å². The van der Waals surface area contributed by atoms with Gasteiger partial charge in [-0.25, -0.2) is 0 Å². The SMILES string of the molecule is ONC1=C[C@@H]2C[C@H]3C[C@@H](C2)[C@@H]1C3. The topological polar surface area (TPSA) is 32.3 Å². The van der Waals surface area contributed by atoms with E-state index in [9.17, 15) is 0 Å². The minimum absolute atomic E-state index is 0.666. The molecule has 66 valence electrons. The maximum atomic E-state index is 8.96. The molecule has 0 aliphatic heterocycles. The first kappa shape index (κ1) is 6.96. The third kappa shape index (κ3) is 0.789. The van der Waals surface area contributed by atoms with Crippen LogP contribution in [0.3, 0.4) is 0 Å². The molecule has 0 radical (unpaired) electrons. The van der Waals surface area contributed by atoms with E-state index in [-0.39, 0.29) is 0 Å². The Labute approximate surface area is 72.6 Å². The van der Waals surface area contributed by atoms with Crippen LogP contribution in [0.5, 0.6) is 0 Å². The lowest BCUT2D eigenvalue weighted by atomic mass is 9.75. The van der Waals surface area contributed by atoms with Gasteiger partial charge in [-0.15, -0.1) is 0 Å². The Morgan fingerprint density at radius 2 is 2.17 bits per heavy atom. The van der Waals surface area contributed by atoms with Crippen LogP contribution >= 0.6 is 0 Å². The maximum absolute atomic E-state index is 8.96. The van der Waals surface area contributed by atoms with E-state index in [4.69, 9.17) is 5.21 Å². The molecule has 0 heterocycles. The molecule has 0 unspecified atom stereocenters. The molecule has 2 nitrogen and oxygen atoms in total. The van der Waals surface area contributed by atoms with E-state index < -0.39 is 0 Å². The molecule has 0 aromatic heterocycles. The monoisotopic (exact) mass is 165 g/mol. The first-order valence-electron chi connectivity index (χ1n) is 4.98. The van der Waals surface area contributed by atoms with E-state index in [0.717, 1.165) is 23.5 Å². The van der Waals surface area contributed by atoms with E-state index in [1.807, 2.05) is 0 Å². The van der Waals surface area contributed by atoms with Crippen LogP contribution in [0, 0.1) is 23.7 Å². The number of nitrogens with one attached hydrogen (secondary N) is 1. The highest BCUT2D eigenvalue weighted by molar-refractivity contribution is 5.17. The first-order valence-corrected chi connectivity index (χ1v) is 4.98. The highest BCUT2D eigenvalue weighted by Gasteiger charge is 2.44. The zero-order valence-electron chi connectivity index (χ0n) is 7.16. The van der Waals surface area contributed by atoms with Crippen LogP contribution in [-0.2, 0) is 0 Å². The van der Waals surface area contributed by atoms with Gasteiger partial charge >= 0.3 is 0 Å². The lowest BCUT2D eigenvalue weighted by Crippen LogP contribution is -2.27. The standard InChI is InChI=1S/C10H15NO/c12-11-10-5-7-1-6-2-8(3-7)9(10)4-6/h5-9,11-12H,1-4H2/t6-,7+,8-,9-/m0/s1. The number of hydroxylamine groups is 1. The first-order chi connectivity index (χ1) is 5.86. The summed E-state index contributed by atoms with van der Waals surface area (Å²) < 4.78 is 0. The third-order valence-electron chi connectivity index (χ3n) is 3.98. The van der Waals surface area contributed by atoms with Gasteiger partial charge in [-0.05, 0) is 43.4 Å². The van der Waals surface area contributed by atoms with E-state index in [0.29, 0.717) is 5.92 Å². The molecular weight excluding hydrogens is 150 g/mol. The van der Waals surface area contributed by atoms with Crippen molar-refractivity contribution in [1.29, 1.82) is 0 Å². The lowest BCUT2D eigenvalue weighted by Gasteiger charge is -2.32. The van der Waals surface area contributed by atoms with Crippen molar-refractivity contribution < 1.29 is 5.21 Å². The van der Waals surface area contributed by atoms with E-state index in [1.54, 1.807) is 0 Å². The summed E-state index contributed by atoms with van der Waals surface area (Å²) in [6.07, 6.45) is 7.76. The molecular formula is C10H15NO. The van der Waals surface area contributed by atoms with Gasteiger partial charge in [0.15, 0.2) is 0 Å². The van der Waals surface area contributed by atoms with Crippen molar-refractivity contribution in [2.75, 3.05) is 0 Å². The minimum Gasteiger partial charge on any atom is -0.291 e. The smallest absolute Gasteiger partial charge is 0.0373 e. The number of fused-ring (bicyclic) bond motifs is 2. The van der Waals surface area contributed by atoms with Gasteiger partial charge in [0.2, 0.25) is 0 Å². The number of hydrogen-bond acceptors (Lipinski definition) is 2. The Hall–Kier alpha value is -0.500. The molecule has 2 fully saturated rings. The van der Waals surface area contributed by atoms with Crippen molar-refractivity contribution in [2.45, 2.75) is 25.7 Å². The lowest BCUT2D eigenvalue weighted by molar-refractivity contribution is 0.164. The van der Waals surface area contributed by atoms with Crippen LogP contribution in [-0.4, -0.2) is 5.21 Å². The molecule has 2 N–H and O–H groups in total. The second-order valence-corrected chi connectivity index (χ2v) is 4.67. The summed E-state index contributed by atoms with van der Waals surface area (Å²) in [5.74, 6) is 3.27. The molecule has 3 rings (SSSR count). The van der Waals surface area contributed by atoms with Crippen LogP contribution in [0.4, 0.5) is 0 Å². The van der Waals surface area contributed by atoms with E-state index >= 15 is 0 Å². The van der Waals surface area contributed by atoms with Crippen molar-refractivity contribution in [1.82, 2.24) is 5.48 Å². The van der Waals surface area contributed by atoms with Gasteiger partial charge < -0.3 is 0 Å². The van der Waals surface area contributed by atoms with Crippen LogP contribution in [0.1, 0.15) is 25.7 Å². The van der Waals surface area contributed by atoms with Crippen LogP contribution in [0.25, 0.3) is 0 Å². The Kier molecular flexibility index (Phi) is 1.31. The predicted molar refractivity (Wildman–Crippen MR) is 45.4 cm³/mol. The largest absolute Gasteiger partial charge is 0.291 e. The average molecular weight is 165 g/mol. The fourth-order valence-electron chi connectivity index (χ4n) is 3.62. The summed E-state index contributed by atoms with van der Waals surface area (Å²) in [7, 11) is 0. The zero-order chi connectivity index (χ0) is 8.13. The summed E-state index contributed by atoms with van der Waals surface area (Å²) in [5.41, 5.74) is 3.52. The minimum atomic E-state index is 0.666. The molecule has 2 heteroatoms. The summed E-state index contributed by atoms with van der Waals surface area (Å²) in [6, 6.07) is 0. The molecule has 0 aromatic carbocycles. The summed E-state index contributed by atoms with van der Waals surface area (Å²) in [4.78, 5) is 0. The Bertz CT molecular complexity index is 234. The van der Waals surface area contributed by atoms with Gasteiger partial charge in [-0.3, -0.25) is 10.7 Å². The molecule has 12 heavy (non-hydrogen) atoms. The predicted octanol–water partition coefficient (Wildman–Crippen LogP) is 1.92. The summed E-state index contributed by atoms with van der Waals surface area (Å²) in [5, 5.41) is 8.96. The molecule has 3 aliphatic carbocycles. The summed E-state index contributed by atoms with van der Waals surface area (Å²) >= 11 is 0. The van der Waals surface area contributed by atoms with Gasteiger partial charge in [-0.2, -0.15) is 0 Å². The zero-order valence-corrected chi connectivity index (χ0v) is 7.16. The van der Waals surface area contributed by atoms with Crippen molar-refractivity contribution in [3.63, 3.8) is 0 Å². The van der Waals surface area contributed by atoms with E-state index in [2.05, 4.69) is 11.6 Å². The third-order valence-corrected chi connectivity index (χ3v) is 3.98. The number of allylic oxidation sites excluding steroid dienone is 2. The second kappa shape index (κ2) is 2.25. The Balaban J connectivity index is 1.99. The van der Waals surface area contributed by atoms with Crippen molar-refractivity contribution in [3.05, 3.63) is 11.8 Å². The van der Waals surface area contributed by atoms with Crippen molar-refractivity contribution in [3.8, 4) is 0 Å². The molecule has 0 amide bonds. The second-order valence-electron chi connectivity index (χ2n) is 4.67. The fraction of sp³-hybridized carbons (Fsp3) is 0.800. The van der Waals surface area contributed by atoms with Gasteiger partial charge in [-0.1, -0.05) is 6.08 Å². The molecule has 3 bridgehead atoms. The van der Waals surface area contributed by atoms with Gasteiger partial charge in [0, 0.05) is 11.6 Å². The number of hydrogen-bond donors (Lipinski definition) is 2.